The number of fused-ring (bicyclic) bond motifs is 1. The van der Waals surface area contributed by atoms with E-state index in [0.717, 1.165) is 76.0 Å². The molecule has 3 N–H and O–H groups in total. The predicted octanol–water partition coefficient (Wildman–Crippen LogP) is 4.37. The summed E-state index contributed by atoms with van der Waals surface area (Å²) in [5.41, 5.74) is 5.76. The number of nitrogens with one attached hydrogen (secondary N) is 3. The van der Waals surface area contributed by atoms with Crippen molar-refractivity contribution in [2.24, 2.45) is 0 Å². The molecule has 6 rings (SSSR count). The van der Waals surface area contributed by atoms with Crippen molar-refractivity contribution in [3.63, 3.8) is 0 Å². The van der Waals surface area contributed by atoms with E-state index in [1.165, 1.54) is 17.4 Å². The van der Waals surface area contributed by atoms with Crippen molar-refractivity contribution in [2.45, 2.75) is 39.2 Å². The van der Waals surface area contributed by atoms with Crippen molar-refractivity contribution >= 4 is 55.6 Å². The van der Waals surface area contributed by atoms with Crippen molar-refractivity contribution in [3.05, 3.63) is 54.0 Å². The van der Waals surface area contributed by atoms with Crippen molar-refractivity contribution < 1.29 is 13.2 Å². The quantitative estimate of drug-likeness (QED) is 0.222. The molecule has 0 saturated carbocycles. The lowest BCUT2D eigenvalue weighted by atomic mass is 9.99. The number of piperidine rings is 1. The minimum atomic E-state index is -3.60. The zero-order valence-electron chi connectivity index (χ0n) is 27.7. The molecule has 2 aromatic heterocycles. The smallest absolute Gasteiger partial charge is 0.229 e. The van der Waals surface area contributed by atoms with Crippen LogP contribution >= 0.6 is 0 Å². The highest BCUT2D eigenvalue weighted by Crippen LogP contribution is 2.38. The molecule has 0 spiro atoms. The Kier molecular flexibility index (Phi) is 9.62. The van der Waals surface area contributed by atoms with Gasteiger partial charge in [-0.3, -0.25) is 19.6 Å². The van der Waals surface area contributed by atoms with Gasteiger partial charge in [-0.15, -0.1) is 0 Å². The molecule has 4 heterocycles. The van der Waals surface area contributed by atoms with Crippen LogP contribution in [-0.2, 0) is 16.4 Å². The lowest BCUT2D eigenvalue weighted by molar-refractivity contribution is 0.0982. The molecule has 2 aliphatic heterocycles. The Bertz CT molecular complexity index is 1840. The van der Waals surface area contributed by atoms with E-state index in [-0.39, 0.29) is 0 Å². The van der Waals surface area contributed by atoms with Crippen molar-refractivity contribution in [2.75, 3.05) is 79.9 Å². The lowest BCUT2D eigenvalue weighted by Crippen LogP contribution is -2.52. The van der Waals surface area contributed by atoms with Gasteiger partial charge in [0, 0.05) is 81.2 Å². The third-order valence-electron chi connectivity index (χ3n) is 9.04. The monoisotopic (exact) mass is 660 g/mol. The summed E-state index contributed by atoms with van der Waals surface area (Å²) in [6, 6.07) is 8.44. The van der Waals surface area contributed by atoms with Crippen LogP contribution in [0, 0.1) is 6.92 Å². The fraction of sp³-hybridized carbons (Fsp3) is 0.455. The SMILES string of the molecule is CCc1cc(Nc2ncc(C)c(Nc3ccc4nccnc4c3NS(C)(=O)=O)n2)c(OC)cc1N1CCC(N2CCN(C)CC2)CC1. The molecular weight excluding hydrogens is 616 g/mol. The summed E-state index contributed by atoms with van der Waals surface area (Å²) in [7, 11) is 0.282. The highest BCUT2D eigenvalue weighted by molar-refractivity contribution is 7.92. The molecule has 2 aliphatic rings. The molecule has 0 radical (unpaired) electrons. The van der Waals surface area contributed by atoms with Crippen LogP contribution < -0.4 is 25.0 Å². The van der Waals surface area contributed by atoms with Crippen LogP contribution in [0.4, 0.5) is 34.5 Å². The molecule has 4 aromatic rings. The molecule has 13 nitrogen and oxygen atoms in total. The number of sulfonamides is 1. The predicted molar refractivity (Wildman–Crippen MR) is 188 cm³/mol. The molecule has 250 valence electrons. The van der Waals surface area contributed by atoms with Gasteiger partial charge in [0.15, 0.2) is 0 Å². The number of methoxy groups -OCH3 is 1. The molecule has 47 heavy (non-hydrogen) atoms. The molecule has 2 saturated heterocycles. The fourth-order valence-electron chi connectivity index (χ4n) is 6.42. The van der Waals surface area contributed by atoms with Crippen molar-refractivity contribution in [3.8, 4) is 5.75 Å². The van der Waals surface area contributed by atoms with Gasteiger partial charge in [-0.05, 0) is 57.0 Å². The van der Waals surface area contributed by atoms with Gasteiger partial charge < -0.3 is 25.2 Å². The maximum absolute atomic E-state index is 12.3. The van der Waals surface area contributed by atoms with Crippen LogP contribution in [0.5, 0.6) is 5.75 Å². The first-order valence-electron chi connectivity index (χ1n) is 16.1. The molecule has 0 aliphatic carbocycles. The number of rotatable bonds is 10. The maximum atomic E-state index is 12.3. The molecule has 2 fully saturated rings. The van der Waals surface area contributed by atoms with E-state index in [1.807, 2.05) is 6.92 Å². The number of nitrogens with zero attached hydrogens (tertiary/aromatic N) is 7. The number of hydrogen-bond acceptors (Lipinski definition) is 12. The van der Waals surface area contributed by atoms with E-state index in [2.05, 4.69) is 71.1 Å². The van der Waals surface area contributed by atoms with Gasteiger partial charge in [-0.2, -0.15) is 4.98 Å². The first kappa shape index (κ1) is 32.7. The van der Waals surface area contributed by atoms with Crippen molar-refractivity contribution in [1.29, 1.82) is 0 Å². The van der Waals surface area contributed by atoms with Gasteiger partial charge in [0.2, 0.25) is 16.0 Å². The Labute approximate surface area is 276 Å². The van der Waals surface area contributed by atoms with Gasteiger partial charge in [0.25, 0.3) is 0 Å². The number of aryl methyl sites for hydroxylation is 2. The lowest BCUT2D eigenvalue weighted by Gasteiger charge is -2.43. The van der Waals surface area contributed by atoms with E-state index in [9.17, 15) is 8.42 Å². The molecule has 0 atom stereocenters. The summed E-state index contributed by atoms with van der Waals surface area (Å²) in [6.07, 6.45) is 9.10. The first-order chi connectivity index (χ1) is 22.6. The van der Waals surface area contributed by atoms with Gasteiger partial charge in [0.1, 0.15) is 17.1 Å². The average Bonchev–Trinajstić information content (AvgIpc) is 3.07. The normalized spacial score (nSPS) is 16.7. The Morgan fingerprint density at radius 1 is 0.957 bits per heavy atom. The van der Waals surface area contributed by atoms with Gasteiger partial charge in [0.05, 0.1) is 35.9 Å². The van der Waals surface area contributed by atoms with Gasteiger partial charge in [-0.25, -0.2) is 13.4 Å². The second-order valence-corrected chi connectivity index (χ2v) is 14.1. The van der Waals surface area contributed by atoms with Crippen LogP contribution in [0.2, 0.25) is 0 Å². The van der Waals surface area contributed by atoms with Gasteiger partial charge >= 0.3 is 0 Å². The van der Waals surface area contributed by atoms with Gasteiger partial charge in [-0.1, -0.05) is 6.92 Å². The molecular formula is C33H44N10O3S. The molecule has 0 unspecified atom stereocenters. The number of piperazine rings is 1. The number of aromatic nitrogens is 4. The molecule has 14 heteroatoms. The molecule has 0 bridgehead atoms. The molecule has 0 amide bonds. The minimum absolute atomic E-state index is 0.294. The van der Waals surface area contributed by atoms with Crippen molar-refractivity contribution in [1.82, 2.24) is 29.7 Å². The summed E-state index contributed by atoms with van der Waals surface area (Å²) in [4.78, 5) is 25.6. The third-order valence-corrected chi connectivity index (χ3v) is 9.62. The number of ether oxygens (including phenoxy) is 1. The van der Waals surface area contributed by atoms with E-state index in [0.29, 0.717) is 46.0 Å². The van der Waals surface area contributed by atoms with E-state index in [1.54, 1.807) is 31.6 Å². The maximum Gasteiger partial charge on any atom is 0.229 e. The summed E-state index contributed by atoms with van der Waals surface area (Å²) in [5.74, 6) is 1.60. The number of likely N-dealkylation sites (N-methyl/N-ethyl adjacent to an activating group) is 1. The van der Waals surface area contributed by atoms with Crippen LogP contribution in [0.1, 0.15) is 30.9 Å². The van der Waals surface area contributed by atoms with E-state index < -0.39 is 10.0 Å². The van der Waals surface area contributed by atoms with Crippen LogP contribution in [0.3, 0.4) is 0 Å². The zero-order chi connectivity index (χ0) is 33.1. The first-order valence-corrected chi connectivity index (χ1v) is 18.0. The minimum Gasteiger partial charge on any atom is -0.494 e. The van der Waals surface area contributed by atoms with E-state index in [4.69, 9.17) is 9.72 Å². The van der Waals surface area contributed by atoms with Crippen LogP contribution in [-0.4, -0.2) is 104 Å². The summed E-state index contributed by atoms with van der Waals surface area (Å²) < 4.78 is 33.0. The Morgan fingerprint density at radius 3 is 2.40 bits per heavy atom. The summed E-state index contributed by atoms with van der Waals surface area (Å²) >= 11 is 0. The highest BCUT2D eigenvalue weighted by atomic mass is 32.2. The highest BCUT2D eigenvalue weighted by Gasteiger charge is 2.28. The third kappa shape index (κ3) is 7.50. The topological polar surface area (TPSA) is 141 Å². The molecule has 2 aromatic carbocycles. The largest absolute Gasteiger partial charge is 0.494 e. The number of hydrogen-bond donors (Lipinski definition) is 3. The second-order valence-electron chi connectivity index (χ2n) is 12.4. The van der Waals surface area contributed by atoms with Crippen LogP contribution in [0.25, 0.3) is 11.0 Å². The van der Waals surface area contributed by atoms with E-state index >= 15 is 0 Å². The second kappa shape index (κ2) is 13.8. The Balaban J connectivity index is 1.22. The fourth-order valence-corrected chi connectivity index (χ4v) is 7.00. The van der Waals surface area contributed by atoms with Crippen LogP contribution in [0.15, 0.2) is 42.9 Å². The number of benzene rings is 2. The Morgan fingerprint density at radius 2 is 1.70 bits per heavy atom. The summed E-state index contributed by atoms with van der Waals surface area (Å²) in [6.45, 7) is 10.7. The Hall–Kier alpha value is -4.27. The summed E-state index contributed by atoms with van der Waals surface area (Å²) in [5, 5.41) is 6.65. The average molecular weight is 661 g/mol. The standard InChI is InChI=1S/C33H44N10O3S/c1-6-23-19-27(29(46-4)20-28(23)43-13-9-24(10-14-43)42-17-15-41(3)16-18-42)38-33-36-21-22(2)32(39-33)37-26-8-7-25-30(35-12-11-34-25)31(26)40-47(5,44)45/h7-8,11-12,19-21,24,40H,6,9-10,13-18H2,1-5H3,(H2,36,37,38,39). The zero-order valence-corrected chi connectivity index (χ0v) is 28.6. The number of anilines is 6.